The lowest BCUT2D eigenvalue weighted by molar-refractivity contribution is -0.128. The summed E-state index contributed by atoms with van der Waals surface area (Å²) in [5.74, 6) is 0.130. The van der Waals surface area contributed by atoms with E-state index in [2.05, 4.69) is 10.0 Å². The predicted octanol–water partition coefficient (Wildman–Crippen LogP) is 5.55. The number of nitrogens with one attached hydrogen (secondary N) is 2. The van der Waals surface area contributed by atoms with E-state index in [1.54, 1.807) is 44.2 Å². The molecule has 168 valence electrons. The van der Waals surface area contributed by atoms with Crippen LogP contribution >= 0.6 is 11.6 Å². The van der Waals surface area contributed by atoms with Crippen molar-refractivity contribution >= 4 is 38.9 Å². The van der Waals surface area contributed by atoms with Crippen LogP contribution in [0, 0.1) is 13.8 Å². The second-order valence-corrected chi connectivity index (χ2v) is 10.1. The maximum Gasteiger partial charge on any atom is 0.267 e. The second kappa shape index (κ2) is 9.22. The first-order valence-electron chi connectivity index (χ1n) is 9.92. The van der Waals surface area contributed by atoms with Crippen LogP contribution in [0.5, 0.6) is 5.75 Å². The van der Waals surface area contributed by atoms with Crippen molar-refractivity contribution in [3.05, 3.63) is 82.9 Å². The van der Waals surface area contributed by atoms with Crippen LogP contribution in [0.4, 0.5) is 11.4 Å². The van der Waals surface area contributed by atoms with Crippen molar-refractivity contribution in [1.82, 2.24) is 0 Å². The van der Waals surface area contributed by atoms with Crippen molar-refractivity contribution in [1.29, 1.82) is 0 Å². The van der Waals surface area contributed by atoms with E-state index in [4.69, 9.17) is 16.3 Å². The summed E-state index contributed by atoms with van der Waals surface area (Å²) in [5.41, 5.74) is 1.69. The first-order chi connectivity index (χ1) is 15.0. The highest BCUT2D eigenvalue weighted by Gasteiger charge is 2.30. The molecule has 0 aromatic heterocycles. The van der Waals surface area contributed by atoms with Gasteiger partial charge in [-0.1, -0.05) is 29.3 Å². The summed E-state index contributed by atoms with van der Waals surface area (Å²) < 4.78 is 33.8. The minimum atomic E-state index is -3.76. The van der Waals surface area contributed by atoms with Gasteiger partial charge in [-0.15, -0.1) is 0 Å². The number of sulfonamides is 1. The van der Waals surface area contributed by atoms with E-state index in [1.807, 2.05) is 26.0 Å². The van der Waals surface area contributed by atoms with Gasteiger partial charge in [-0.2, -0.15) is 0 Å². The molecule has 32 heavy (non-hydrogen) atoms. The van der Waals surface area contributed by atoms with Gasteiger partial charge in [0.2, 0.25) is 0 Å². The second-order valence-electron chi connectivity index (χ2n) is 7.97. The van der Waals surface area contributed by atoms with Crippen LogP contribution in [-0.2, 0) is 14.8 Å². The van der Waals surface area contributed by atoms with Gasteiger partial charge in [0, 0.05) is 10.7 Å². The van der Waals surface area contributed by atoms with Gasteiger partial charge in [0.15, 0.2) is 5.60 Å². The predicted molar refractivity (Wildman–Crippen MR) is 128 cm³/mol. The number of hydrogen-bond acceptors (Lipinski definition) is 4. The molecular formula is C24H25ClN2O4S. The molecule has 2 N–H and O–H groups in total. The molecule has 0 aliphatic rings. The maximum absolute atomic E-state index is 12.7. The van der Waals surface area contributed by atoms with Crippen molar-refractivity contribution in [2.45, 2.75) is 38.2 Å². The highest BCUT2D eigenvalue weighted by Crippen LogP contribution is 2.24. The van der Waals surface area contributed by atoms with Crippen LogP contribution in [0.3, 0.4) is 0 Å². The number of anilines is 2. The Labute approximate surface area is 193 Å². The highest BCUT2D eigenvalue weighted by molar-refractivity contribution is 7.92. The third kappa shape index (κ3) is 5.81. The molecule has 0 saturated heterocycles. The lowest BCUT2D eigenvalue weighted by Gasteiger charge is -2.25. The molecule has 0 fully saturated rings. The molecule has 0 bridgehead atoms. The Bertz CT molecular complexity index is 1220. The minimum absolute atomic E-state index is 0.0900. The number of amides is 1. The molecule has 0 saturated carbocycles. The van der Waals surface area contributed by atoms with Crippen molar-refractivity contribution in [2.75, 3.05) is 10.0 Å². The Kier molecular flexibility index (Phi) is 6.81. The normalized spacial score (nSPS) is 11.7. The number of carbonyl (C=O) groups is 1. The summed E-state index contributed by atoms with van der Waals surface area (Å²) in [6, 6.07) is 18.1. The zero-order valence-corrected chi connectivity index (χ0v) is 19.8. The molecule has 0 aliphatic carbocycles. The van der Waals surface area contributed by atoms with E-state index in [1.165, 1.54) is 24.3 Å². The molecule has 1 amide bonds. The lowest BCUT2D eigenvalue weighted by atomic mass is 10.1. The van der Waals surface area contributed by atoms with E-state index in [-0.39, 0.29) is 10.8 Å². The zero-order chi connectivity index (χ0) is 23.5. The van der Waals surface area contributed by atoms with Gasteiger partial charge in [-0.25, -0.2) is 8.42 Å². The Hall–Kier alpha value is -3.03. The summed E-state index contributed by atoms with van der Waals surface area (Å²) in [5, 5.41) is 3.32. The van der Waals surface area contributed by atoms with Gasteiger partial charge < -0.3 is 10.1 Å². The molecule has 0 aliphatic heterocycles. The first kappa shape index (κ1) is 23.6. The van der Waals surface area contributed by atoms with Gasteiger partial charge >= 0.3 is 0 Å². The van der Waals surface area contributed by atoms with Crippen LogP contribution in [0.25, 0.3) is 0 Å². The molecule has 6 nitrogen and oxygen atoms in total. The van der Waals surface area contributed by atoms with E-state index in [0.29, 0.717) is 22.1 Å². The third-order valence-corrected chi connectivity index (χ3v) is 6.42. The molecule has 3 aromatic rings. The smallest absolute Gasteiger partial charge is 0.267 e. The monoisotopic (exact) mass is 472 g/mol. The number of rotatable bonds is 7. The van der Waals surface area contributed by atoms with Gasteiger partial charge in [0.1, 0.15) is 5.75 Å². The minimum Gasteiger partial charge on any atom is -0.478 e. The summed E-state index contributed by atoms with van der Waals surface area (Å²) in [4.78, 5) is 12.8. The van der Waals surface area contributed by atoms with E-state index < -0.39 is 15.6 Å². The number of hydrogen-bond donors (Lipinski definition) is 2. The van der Waals surface area contributed by atoms with Crippen LogP contribution in [0.1, 0.15) is 25.0 Å². The van der Waals surface area contributed by atoms with E-state index in [9.17, 15) is 13.2 Å². The van der Waals surface area contributed by atoms with E-state index in [0.717, 1.165) is 11.1 Å². The number of ether oxygens (including phenoxy) is 1. The molecule has 8 heteroatoms. The Morgan fingerprint density at radius 2 is 1.56 bits per heavy atom. The summed E-state index contributed by atoms with van der Waals surface area (Å²) in [7, 11) is -3.76. The molecule has 3 rings (SSSR count). The fourth-order valence-electron chi connectivity index (χ4n) is 2.97. The number of halogens is 1. The maximum atomic E-state index is 12.7. The van der Waals surface area contributed by atoms with Crippen LogP contribution in [0.15, 0.2) is 71.6 Å². The van der Waals surface area contributed by atoms with Gasteiger partial charge in [0.25, 0.3) is 15.9 Å². The van der Waals surface area contributed by atoms with Crippen LogP contribution in [-0.4, -0.2) is 19.9 Å². The number of carbonyl (C=O) groups excluding carboxylic acids is 1. The number of benzene rings is 3. The molecule has 3 aromatic carbocycles. The summed E-state index contributed by atoms with van der Waals surface area (Å²) >= 11 is 5.87. The van der Waals surface area contributed by atoms with Crippen molar-refractivity contribution in [2.24, 2.45) is 0 Å². The van der Waals surface area contributed by atoms with Crippen molar-refractivity contribution in [3.63, 3.8) is 0 Å². The summed E-state index contributed by atoms with van der Waals surface area (Å²) in [6.45, 7) is 7.07. The molecule has 0 radical (unpaired) electrons. The van der Waals surface area contributed by atoms with Gasteiger partial charge in [-0.05, 0) is 87.9 Å². The number of aryl methyl sites for hydroxylation is 2. The third-order valence-electron chi connectivity index (χ3n) is 4.78. The molecule has 0 heterocycles. The lowest BCUT2D eigenvalue weighted by Crippen LogP contribution is -2.42. The topological polar surface area (TPSA) is 84.5 Å². The molecular weight excluding hydrogens is 448 g/mol. The van der Waals surface area contributed by atoms with Gasteiger partial charge in [0.05, 0.1) is 10.6 Å². The average Bonchev–Trinajstić information content (AvgIpc) is 2.72. The van der Waals surface area contributed by atoms with Crippen molar-refractivity contribution < 1.29 is 17.9 Å². The van der Waals surface area contributed by atoms with Crippen LogP contribution in [0.2, 0.25) is 5.02 Å². The van der Waals surface area contributed by atoms with Gasteiger partial charge in [-0.3, -0.25) is 9.52 Å². The van der Waals surface area contributed by atoms with E-state index >= 15 is 0 Å². The van der Waals surface area contributed by atoms with Crippen molar-refractivity contribution in [3.8, 4) is 5.75 Å². The Morgan fingerprint density at radius 3 is 2.16 bits per heavy atom. The largest absolute Gasteiger partial charge is 0.478 e. The summed E-state index contributed by atoms with van der Waals surface area (Å²) in [6.07, 6.45) is 0. The molecule has 0 unspecified atom stereocenters. The van der Waals surface area contributed by atoms with Crippen LogP contribution < -0.4 is 14.8 Å². The molecule has 0 atom stereocenters. The average molecular weight is 473 g/mol. The Balaban J connectivity index is 1.69. The Morgan fingerprint density at radius 1 is 0.938 bits per heavy atom. The molecule has 0 spiro atoms. The highest BCUT2D eigenvalue weighted by atomic mass is 35.5. The zero-order valence-electron chi connectivity index (χ0n) is 18.3. The first-order valence-corrected chi connectivity index (χ1v) is 11.8. The quantitative estimate of drug-likeness (QED) is 0.472. The fourth-order valence-corrected chi connectivity index (χ4v) is 4.23. The fraction of sp³-hybridized carbons (Fsp3) is 0.208. The SMILES string of the molecule is Cc1ccc(NS(=O)(=O)c2ccc(NC(=O)C(C)(C)Oc3ccc(Cl)cc3)cc2)c(C)c1. The standard InChI is InChI=1S/C24H25ClN2O4S/c1-16-5-14-22(17(2)15-16)27-32(29,30)21-12-8-19(9-13-21)26-23(28)24(3,4)31-20-10-6-18(25)7-11-20/h5-15,27H,1-4H3,(H,26,28).